The molecule has 1 aliphatic heterocycles. The van der Waals surface area contributed by atoms with E-state index in [-0.39, 0.29) is 6.54 Å². The number of hydrogen-bond donors (Lipinski definition) is 5. The smallest absolute Gasteiger partial charge is 0.325 e. The highest BCUT2D eigenvalue weighted by molar-refractivity contribution is 7.98. The molecule has 4 atom stereocenters. The van der Waals surface area contributed by atoms with E-state index in [2.05, 4.69) is 10.6 Å². The second-order valence-corrected chi connectivity index (χ2v) is 7.79. The van der Waals surface area contributed by atoms with Gasteiger partial charge in [0.15, 0.2) is 0 Å². The van der Waals surface area contributed by atoms with Crippen LogP contribution < -0.4 is 16.4 Å². The summed E-state index contributed by atoms with van der Waals surface area (Å²) in [7, 11) is 0. The van der Waals surface area contributed by atoms with Gasteiger partial charge in [-0.3, -0.25) is 24.0 Å². The molecule has 4 unspecified atom stereocenters. The predicted octanol–water partition coefficient (Wildman–Crippen LogP) is -1.39. The fraction of sp³-hybridized carbons (Fsp3) is 0.706. The molecule has 0 saturated carbocycles. The standard InChI is InChI=1S/C17H28N4O7S/c1-9(17(27)28)19-15(25)12-4-3-6-21(12)16(26)11(8-13(22)23)20-14(24)10(18)5-7-29-2/h9-12H,3-8,18H2,1-2H3,(H,19,25)(H,20,24)(H,22,23)(H,27,28). The highest BCUT2D eigenvalue weighted by atomic mass is 32.2. The number of aliphatic carboxylic acids is 2. The van der Waals surface area contributed by atoms with Crippen LogP contribution in [0.4, 0.5) is 0 Å². The molecule has 6 N–H and O–H groups in total. The Hall–Kier alpha value is -2.34. The third-order valence-corrected chi connectivity index (χ3v) is 5.17. The zero-order chi connectivity index (χ0) is 22.1. The maximum absolute atomic E-state index is 12.9. The lowest BCUT2D eigenvalue weighted by Gasteiger charge is -2.29. The number of amides is 3. The van der Waals surface area contributed by atoms with Gasteiger partial charge in [0.05, 0.1) is 12.5 Å². The van der Waals surface area contributed by atoms with Crippen molar-refractivity contribution in [3.63, 3.8) is 0 Å². The normalized spacial score (nSPS) is 19.1. The lowest BCUT2D eigenvalue weighted by molar-refractivity contribution is -0.147. The molecule has 12 heteroatoms. The van der Waals surface area contributed by atoms with Crippen LogP contribution in [-0.2, 0) is 24.0 Å². The number of carboxylic acid groups (broad SMARTS) is 2. The average Bonchev–Trinajstić information content (AvgIpc) is 3.14. The lowest BCUT2D eigenvalue weighted by Crippen LogP contribution is -2.57. The lowest BCUT2D eigenvalue weighted by atomic mass is 10.1. The highest BCUT2D eigenvalue weighted by Gasteiger charge is 2.39. The Balaban J connectivity index is 2.88. The maximum Gasteiger partial charge on any atom is 0.325 e. The summed E-state index contributed by atoms with van der Waals surface area (Å²) in [6, 6.07) is -4.32. The van der Waals surface area contributed by atoms with E-state index in [4.69, 9.17) is 15.9 Å². The molecular formula is C17H28N4O7S. The van der Waals surface area contributed by atoms with Crippen LogP contribution in [0.25, 0.3) is 0 Å². The number of nitrogens with zero attached hydrogens (tertiary/aromatic N) is 1. The summed E-state index contributed by atoms with van der Waals surface area (Å²) in [5.41, 5.74) is 5.78. The Morgan fingerprint density at radius 3 is 2.41 bits per heavy atom. The molecule has 1 rings (SSSR count). The van der Waals surface area contributed by atoms with E-state index in [0.29, 0.717) is 25.0 Å². The minimum Gasteiger partial charge on any atom is -0.481 e. The summed E-state index contributed by atoms with van der Waals surface area (Å²) in [6.45, 7) is 1.49. The molecule has 1 fully saturated rings. The Morgan fingerprint density at radius 2 is 1.86 bits per heavy atom. The van der Waals surface area contributed by atoms with Gasteiger partial charge < -0.3 is 31.5 Å². The van der Waals surface area contributed by atoms with E-state index in [1.165, 1.54) is 23.6 Å². The summed E-state index contributed by atoms with van der Waals surface area (Å²) in [4.78, 5) is 60.8. The van der Waals surface area contributed by atoms with Crippen LogP contribution in [0.2, 0.25) is 0 Å². The summed E-state index contributed by atoms with van der Waals surface area (Å²) < 4.78 is 0. The molecule has 3 amide bonds. The molecule has 1 aliphatic rings. The number of rotatable bonds is 11. The van der Waals surface area contributed by atoms with Gasteiger partial charge in [0.1, 0.15) is 18.1 Å². The Labute approximate surface area is 172 Å². The molecule has 29 heavy (non-hydrogen) atoms. The Kier molecular flexibility index (Phi) is 9.89. The van der Waals surface area contributed by atoms with E-state index in [0.717, 1.165) is 0 Å². The topological polar surface area (TPSA) is 179 Å². The summed E-state index contributed by atoms with van der Waals surface area (Å²) in [5, 5.41) is 22.7. The molecule has 1 saturated heterocycles. The van der Waals surface area contributed by atoms with Crippen molar-refractivity contribution < 1.29 is 34.2 Å². The second kappa shape index (κ2) is 11.6. The highest BCUT2D eigenvalue weighted by Crippen LogP contribution is 2.19. The number of likely N-dealkylation sites (tertiary alicyclic amines) is 1. The zero-order valence-electron chi connectivity index (χ0n) is 16.4. The summed E-state index contributed by atoms with van der Waals surface area (Å²) in [6.07, 6.45) is 2.36. The van der Waals surface area contributed by atoms with Crippen LogP contribution in [0.5, 0.6) is 0 Å². The van der Waals surface area contributed by atoms with Crippen molar-refractivity contribution in [1.29, 1.82) is 0 Å². The van der Waals surface area contributed by atoms with E-state index >= 15 is 0 Å². The van der Waals surface area contributed by atoms with E-state index in [1.807, 2.05) is 6.26 Å². The minimum absolute atomic E-state index is 0.197. The average molecular weight is 432 g/mol. The van der Waals surface area contributed by atoms with Gasteiger partial charge in [0.25, 0.3) is 0 Å². The van der Waals surface area contributed by atoms with Crippen molar-refractivity contribution in [3.05, 3.63) is 0 Å². The van der Waals surface area contributed by atoms with Crippen molar-refractivity contribution >= 4 is 41.4 Å². The van der Waals surface area contributed by atoms with Crippen LogP contribution in [0, 0.1) is 0 Å². The number of nitrogens with two attached hydrogens (primary N) is 1. The largest absolute Gasteiger partial charge is 0.481 e. The molecule has 0 aromatic rings. The van der Waals surface area contributed by atoms with E-state index < -0.39 is 60.2 Å². The van der Waals surface area contributed by atoms with Crippen LogP contribution >= 0.6 is 11.8 Å². The fourth-order valence-electron chi connectivity index (χ4n) is 2.90. The Morgan fingerprint density at radius 1 is 1.21 bits per heavy atom. The molecule has 0 radical (unpaired) electrons. The van der Waals surface area contributed by atoms with Crippen LogP contribution in [0.3, 0.4) is 0 Å². The first kappa shape index (κ1) is 24.7. The van der Waals surface area contributed by atoms with Crippen molar-refractivity contribution in [1.82, 2.24) is 15.5 Å². The summed E-state index contributed by atoms with van der Waals surface area (Å²) >= 11 is 1.50. The monoisotopic (exact) mass is 432 g/mol. The third kappa shape index (κ3) is 7.54. The molecule has 1 heterocycles. The molecule has 0 aliphatic carbocycles. The number of nitrogens with one attached hydrogen (secondary N) is 2. The maximum atomic E-state index is 12.9. The van der Waals surface area contributed by atoms with Gasteiger partial charge in [-0.15, -0.1) is 0 Å². The zero-order valence-corrected chi connectivity index (χ0v) is 17.2. The SMILES string of the molecule is CSCCC(N)C(=O)NC(CC(=O)O)C(=O)N1CCCC1C(=O)NC(C)C(=O)O. The number of carbonyl (C=O) groups is 5. The van der Waals surface area contributed by atoms with Gasteiger partial charge in [-0.25, -0.2) is 0 Å². The molecular weight excluding hydrogens is 404 g/mol. The quantitative estimate of drug-likeness (QED) is 0.263. The minimum atomic E-state index is -1.37. The molecule has 0 spiro atoms. The van der Waals surface area contributed by atoms with Gasteiger partial charge in [0.2, 0.25) is 17.7 Å². The van der Waals surface area contributed by atoms with Gasteiger partial charge >= 0.3 is 11.9 Å². The third-order valence-electron chi connectivity index (χ3n) is 4.53. The molecule has 11 nitrogen and oxygen atoms in total. The van der Waals surface area contributed by atoms with Crippen molar-refractivity contribution in [3.8, 4) is 0 Å². The number of carbonyl (C=O) groups excluding carboxylic acids is 3. The van der Waals surface area contributed by atoms with Gasteiger partial charge in [-0.1, -0.05) is 0 Å². The van der Waals surface area contributed by atoms with E-state index in [1.54, 1.807) is 0 Å². The first-order valence-corrected chi connectivity index (χ1v) is 10.6. The predicted molar refractivity (Wildman–Crippen MR) is 105 cm³/mol. The molecule has 0 bridgehead atoms. The molecule has 0 aromatic carbocycles. The first-order valence-electron chi connectivity index (χ1n) is 9.18. The first-order chi connectivity index (χ1) is 13.6. The van der Waals surface area contributed by atoms with Gasteiger partial charge in [0, 0.05) is 6.54 Å². The van der Waals surface area contributed by atoms with Crippen LogP contribution in [-0.4, -0.2) is 87.5 Å². The summed E-state index contributed by atoms with van der Waals surface area (Å²) in [5.74, 6) is -3.87. The second-order valence-electron chi connectivity index (χ2n) is 6.81. The molecule has 0 aromatic heterocycles. The number of carboxylic acids is 2. The fourth-order valence-corrected chi connectivity index (χ4v) is 3.39. The molecule has 164 valence electrons. The van der Waals surface area contributed by atoms with Gasteiger partial charge in [-0.2, -0.15) is 11.8 Å². The van der Waals surface area contributed by atoms with Gasteiger partial charge in [-0.05, 0) is 38.2 Å². The van der Waals surface area contributed by atoms with E-state index in [9.17, 15) is 24.0 Å². The van der Waals surface area contributed by atoms with Crippen LogP contribution in [0.1, 0.15) is 32.6 Å². The number of thioether (sulfide) groups is 1. The van der Waals surface area contributed by atoms with Crippen LogP contribution in [0.15, 0.2) is 0 Å². The van der Waals surface area contributed by atoms with Crippen molar-refractivity contribution in [2.75, 3.05) is 18.6 Å². The Bertz CT molecular complexity index is 645. The van der Waals surface area contributed by atoms with Crippen molar-refractivity contribution in [2.24, 2.45) is 5.73 Å². The van der Waals surface area contributed by atoms with Crippen molar-refractivity contribution in [2.45, 2.75) is 56.8 Å². The number of hydrogen-bond acceptors (Lipinski definition) is 7.